The minimum absolute atomic E-state index is 0.417. The third-order valence-corrected chi connectivity index (χ3v) is 4.92. The number of aromatic nitrogens is 1. The summed E-state index contributed by atoms with van der Waals surface area (Å²) in [7, 11) is 4.22. The lowest BCUT2D eigenvalue weighted by atomic mass is 10.2. The summed E-state index contributed by atoms with van der Waals surface area (Å²) in [6.45, 7) is 1.99. The van der Waals surface area contributed by atoms with E-state index in [-0.39, 0.29) is 0 Å². The third kappa shape index (κ3) is 2.25. The van der Waals surface area contributed by atoms with Crippen molar-refractivity contribution in [3.63, 3.8) is 0 Å². The second-order valence-electron chi connectivity index (χ2n) is 5.37. The summed E-state index contributed by atoms with van der Waals surface area (Å²) in [6.07, 6.45) is 1.14. The van der Waals surface area contributed by atoms with Gasteiger partial charge in [-0.15, -0.1) is 0 Å². The maximum absolute atomic E-state index is 11.5. The molecule has 2 aromatic rings. The Morgan fingerprint density at radius 1 is 1.50 bits per heavy atom. The molecule has 3 rings (SSSR count). The van der Waals surface area contributed by atoms with Crippen LogP contribution in [0.5, 0.6) is 0 Å². The molecule has 0 radical (unpaired) electrons. The van der Waals surface area contributed by atoms with Crippen molar-refractivity contribution in [3.8, 4) is 0 Å². The van der Waals surface area contributed by atoms with E-state index in [1.54, 1.807) is 17.4 Å². The number of carbonyl (C=O) groups is 1. The summed E-state index contributed by atoms with van der Waals surface area (Å²) in [4.78, 5) is 20.6. The van der Waals surface area contributed by atoms with Crippen LogP contribution in [0.4, 0.5) is 5.13 Å². The highest BCUT2D eigenvalue weighted by Gasteiger charge is 2.26. The summed E-state index contributed by atoms with van der Waals surface area (Å²) in [5.41, 5.74) is 6.65. The Bertz CT molecular complexity index is 652. The minimum atomic E-state index is -0.417. The second kappa shape index (κ2) is 5.03. The van der Waals surface area contributed by atoms with E-state index in [0.717, 1.165) is 34.9 Å². The van der Waals surface area contributed by atoms with Crippen LogP contribution in [0.3, 0.4) is 0 Å². The maximum Gasteiger partial charge on any atom is 0.250 e. The topological polar surface area (TPSA) is 62.5 Å². The molecule has 1 atom stereocenters. The Kier molecular flexibility index (Phi) is 3.35. The van der Waals surface area contributed by atoms with Crippen molar-refractivity contribution in [1.29, 1.82) is 0 Å². The van der Waals surface area contributed by atoms with E-state index in [2.05, 4.69) is 28.9 Å². The van der Waals surface area contributed by atoms with Gasteiger partial charge in [-0.3, -0.25) is 4.79 Å². The number of nitrogens with zero attached hydrogens (tertiary/aromatic N) is 3. The molecule has 2 N–H and O–H groups in total. The van der Waals surface area contributed by atoms with Crippen molar-refractivity contribution < 1.29 is 4.79 Å². The molecule has 1 aliphatic rings. The Labute approximate surface area is 122 Å². The van der Waals surface area contributed by atoms with Crippen LogP contribution in [0.25, 0.3) is 10.2 Å². The largest absolute Gasteiger partial charge is 0.366 e. The average molecular weight is 290 g/mol. The van der Waals surface area contributed by atoms with Crippen LogP contribution in [0.15, 0.2) is 18.2 Å². The first-order chi connectivity index (χ1) is 9.56. The highest BCUT2D eigenvalue weighted by atomic mass is 32.1. The molecule has 0 spiro atoms. The summed E-state index contributed by atoms with van der Waals surface area (Å²) in [5, 5.41) is 0.984. The number of primary amides is 1. The Hall–Kier alpha value is -1.66. The van der Waals surface area contributed by atoms with Crippen LogP contribution in [0.1, 0.15) is 16.8 Å². The molecule has 2 heterocycles. The zero-order valence-electron chi connectivity index (χ0n) is 11.7. The van der Waals surface area contributed by atoms with E-state index in [9.17, 15) is 4.79 Å². The Balaban J connectivity index is 1.94. The van der Waals surface area contributed by atoms with E-state index in [4.69, 9.17) is 5.73 Å². The number of fused-ring (bicyclic) bond motifs is 1. The lowest BCUT2D eigenvalue weighted by Crippen LogP contribution is -2.31. The first-order valence-electron chi connectivity index (χ1n) is 6.67. The zero-order valence-corrected chi connectivity index (χ0v) is 12.5. The van der Waals surface area contributed by atoms with Crippen LogP contribution >= 0.6 is 11.3 Å². The summed E-state index contributed by atoms with van der Waals surface area (Å²) >= 11 is 1.63. The van der Waals surface area contributed by atoms with Gasteiger partial charge in [0.25, 0.3) is 5.91 Å². The fraction of sp³-hybridized carbons (Fsp3) is 0.429. The average Bonchev–Trinajstić information content (AvgIpc) is 3.04. The lowest BCUT2D eigenvalue weighted by Gasteiger charge is -2.19. The molecule has 1 aromatic carbocycles. The molecule has 6 heteroatoms. The molecule has 1 saturated heterocycles. The van der Waals surface area contributed by atoms with Crippen molar-refractivity contribution in [3.05, 3.63) is 23.8 Å². The molecule has 1 fully saturated rings. The summed E-state index contributed by atoms with van der Waals surface area (Å²) in [5.74, 6) is -0.417. The maximum atomic E-state index is 11.5. The van der Waals surface area contributed by atoms with Crippen LogP contribution in [-0.2, 0) is 0 Å². The standard InChI is InChI=1S/C14H18N4OS/c1-17(2)9-6-7-18(8-9)14-16-12-10(13(15)19)4-3-5-11(12)20-14/h3-5,9H,6-8H2,1-2H3,(H2,15,19). The zero-order chi connectivity index (χ0) is 14.3. The van der Waals surface area contributed by atoms with Gasteiger partial charge in [-0.05, 0) is 32.6 Å². The minimum Gasteiger partial charge on any atom is -0.366 e. The molecule has 20 heavy (non-hydrogen) atoms. The van der Waals surface area contributed by atoms with Crippen molar-refractivity contribution in [1.82, 2.24) is 9.88 Å². The third-order valence-electron chi connectivity index (χ3n) is 3.84. The van der Waals surface area contributed by atoms with E-state index >= 15 is 0 Å². The quantitative estimate of drug-likeness (QED) is 0.931. The van der Waals surface area contributed by atoms with E-state index in [1.165, 1.54) is 0 Å². The number of para-hydroxylation sites is 1. The van der Waals surface area contributed by atoms with Gasteiger partial charge < -0.3 is 15.5 Å². The fourth-order valence-electron chi connectivity index (χ4n) is 2.61. The number of anilines is 1. The predicted octanol–water partition coefficient (Wildman–Crippen LogP) is 1.54. The van der Waals surface area contributed by atoms with Gasteiger partial charge in [0, 0.05) is 19.1 Å². The van der Waals surface area contributed by atoms with Gasteiger partial charge in [0.1, 0.15) is 0 Å². The summed E-state index contributed by atoms with van der Waals surface area (Å²) in [6, 6.07) is 6.15. The molecular formula is C14H18N4OS. The number of hydrogen-bond acceptors (Lipinski definition) is 5. The fourth-order valence-corrected chi connectivity index (χ4v) is 3.64. The van der Waals surface area contributed by atoms with E-state index < -0.39 is 5.91 Å². The monoisotopic (exact) mass is 290 g/mol. The smallest absolute Gasteiger partial charge is 0.250 e. The van der Waals surface area contributed by atoms with Crippen LogP contribution < -0.4 is 10.6 Å². The number of hydrogen-bond donors (Lipinski definition) is 1. The summed E-state index contributed by atoms with van der Waals surface area (Å²) < 4.78 is 1.02. The van der Waals surface area contributed by atoms with Crippen molar-refractivity contribution in [2.45, 2.75) is 12.5 Å². The highest BCUT2D eigenvalue weighted by Crippen LogP contribution is 2.32. The predicted molar refractivity (Wildman–Crippen MR) is 82.4 cm³/mol. The van der Waals surface area contributed by atoms with E-state index in [1.807, 2.05) is 12.1 Å². The molecule has 5 nitrogen and oxygen atoms in total. The lowest BCUT2D eigenvalue weighted by molar-refractivity contribution is 0.100. The molecule has 0 aliphatic carbocycles. The van der Waals surface area contributed by atoms with Crippen LogP contribution in [0, 0.1) is 0 Å². The van der Waals surface area contributed by atoms with Gasteiger partial charge in [0.05, 0.1) is 15.8 Å². The van der Waals surface area contributed by atoms with Gasteiger partial charge >= 0.3 is 0 Å². The van der Waals surface area contributed by atoms with Crippen molar-refractivity contribution >= 4 is 32.6 Å². The number of thiazole rings is 1. The number of benzene rings is 1. The molecular weight excluding hydrogens is 272 g/mol. The van der Waals surface area contributed by atoms with Gasteiger partial charge in [0.2, 0.25) is 0 Å². The molecule has 0 saturated carbocycles. The number of amides is 1. The Morgan fingerprint density at radius 3 is 2.95 bits per heavy atom. The van der Waals surface area contributed by atoms with Crippen LogP contribution in [-0.4, -0.2) is 49.0 Å². The van der Waals surface area contributed by atoms with Gasteiger partial charge in [-0.1, -0.05) is 17.4 Å². The molecule has 0 bridgehead atoms. The SMILES string of the molecule is CN(C)C1CCN(c2nc3c(C(N)=O)cccc3s2)C1. The first-order valence-corrected chi connectivity index (χ1v) is 7.48. The number of rotatable bonds is 3. The van der Waals surface area contributed by atoms with Crippen molar-refractivity contribution in [2.24, 2.45) is 5.73 Å². The molecule has 106 valence electrons. The highest BCUT2D eigenvalue weighted by molar-refractivity contribution is 7.22. The normalized spacial score (nSPS) is 19.1. The molecule has 1 amide bonds. The molecule has 1 unspecified atom stereocenters. The molecule has 1 aromatic heterocycles. The van der Waals surface area contributed by atoms with Gasteiger partial charge in [0.15, 0.2) is 5.13 Å². The number of nitrogens with two attached hydrogens (primary N) is 1. The van der Waals surface area contributed by atoms with Crippen molar-refractivity contribution in [2.75, 3.05) is 32.1 Å². The van der Waals surface area contributed by atoms with Gasteiger partial charge in [-0.2, -0.15) is 0 Å². The number of likely N-dealkylation sites (N-methyl/N-ethyl adjacent to an activating group) is 1. The number of carbonyl (C=O) groups excluding carboxylic acids is 1. The Morgan fingerprint density at radius 2 is 2.30 bits per heavy atom. The molecule has 1 aliphatic heterocycles. The second-order valence-corrected chi connectivity index (χ2v) is 6.37. The first kappa shape index (κ1) is 13.3. The van der Waals surface area contributed by atoms with E-state index in [0.29, 0.717) is 11.6 Å². The van der Waals surface area contributed by atoms with Crippen LogP contribution in [0.2, 0.25) is 0 Å². The van der Waals surface area contributed by atoms with Gasteiger partial charge in [-0.25, -0.2) is 4.98 Å².